The lowest BCUT2D eigenvalue weighted by atomic mass is 9.81. The van der Waals surface area contributed by atoms with E-state index in [1.807, 2.05) is 0 Å². The van der Waals surface area contributed by atoms with Gasteiger partial charge < -0.3 is 14.6 Å². The summed E-state index contributed by atoms with van der Waals surface area (Å²) < 4.78 is 11.5. The Bertz CT molecular complexity index is 282. The molecule has 4 heteroatoms. The van der Waals surface area contributed by atoms with Gasteiger partial charge in [-0.2, -0.15) is 0 Å². The quantitative estimate of drug-likeness (QED) is 0.748. The minimum atomic E-state index is -0.731. The zero-order valence-corrected chi connectivity index (χ0v) is 8.65. The van der Waals surface area contributed by atoms with Crippen LogP contribution in [0.3, 0.4) is 0 Å². The molecule has 4 nitrogen and oxygen atoms in total. The van der Waals surface area contributed by atoms with Gasteiger partial charge in [-0.15, -0.1) is 0 Å². The van der Waals surface area contributed by atoms with Gasteiger partial charge in [0.1, 0.15) is 0 Å². The topological polar surface area (TPSA) is 55.8 Å². The van der Waals surface area contributed by atoms with Gasteiger partial charge >= 0.3 is 5.97 Å². The van der Waals surface area contributed by atoms with Crippen LogP contribution in [-0.2, 0) is 14.3 Å². The van der Waals surface area contributed by atoms with Crippen LogP contribution in [0.2, 0.25) is 0 Å². The summed E-state index contributed by atoms with van der Waals surface area (Å²) in [7, 11) is 0. The molecule has 1 saturated heterocycles. The fourth-order valence-corrected chi connectivity index (χ4v) is 3.77. The molecular weight excluding hydrogens is 196 g/mol. The Morgan fingerprint density at radius 2 is 2.07 bits per heavy atom. The van der Waals surface area contributed by atoms with E-state index in [-0.39, 0.29) is 12.3 Å². The van der Waals surface area contributed by atoms with Crippen molar-refractivity contribution in [3.05, 3.63) is 0 Å². The van der Waals surface area contributed by atoms with Crippen molar-refractivity contribution in [2.45, 2.75) is 31.5 Å². The minimum Gasteiger partial charge on any atom is -0.481 e. The summed E-state index contributed by atoms with van der Waals surface area (Å²) in [5, 5.41) is 8.93. The van der Waals surface area contributed by atoms with Crippen molar-refractivity contribution in [2.24, 2.45) is 17.8 Å². The van der Waals surface area contributed by atoms with Gasteiger partial charge in [-0.25, -0.2) is 0 Å². The predicted molar refractivity (Wildman–Crippen MR) is 51.2 cm³/mol. The molecule has 1 heterocycles. The van der Waals surface area contributed by atoms with E-state index in [9.17, 15) is 4.79 Å². The maximum atomic E-state index is 10.9. The summed E-state index contributed by atoms with van der Waals surface area (Å²) in [6.45, 7) is 1.25. The van der Waals surface area contributed by atoms with Crippen molar-refractivity contribution in [1.29, 1.82) is 0 Å². The molecule has 1 N–H and O–H groups in total. The first kappa shape index (κ1) is 9.60. The number of carbonyl (C=O) groups is 1. The van der Waals surface area contributed by atoms with Crippen molar-refractivity contribution in [3.63, 3.8) is 0 Å². The van der Waals surface area contributed by atoms with Gasteiger partial charge in [0, 0.05) is 11.8 Å². The lowest BCUT2D eigenvalue weighted by Gasteiger charge is -2.38. The van der Waals surface area contributed by atoms with Gasteiger partial charge in [0.15, 0.2) is 5.79 Å². The molecule has 0 aromatic carbocycles. The second kappa shape index (κ2) is 3.19. The maximum absolute atomic E-state index is 10.9. The molecule has 0 aromatic rings. The highest BCUT2D eigenvalue weighted by atomic mass is 16.7. The maximum Gasteiger partial charge on any atom is 0.303 e. The van der Waals surface area contributed by atoms with Crippen LogP contribution in [0.5, 0.6) is 0 Å². The second-order valence-electron chi connectivity index (χ2n) is 4.89. The number of rotatable bonds is 2. The van der Waals surface area contributed by atoms with Crippen LogP contribution in [-0.4, -0.2) is 30.1 Å². The number of hydrogen-bond donors (Lipinski definition) is 1. The van der Waals surface area contributed by atoms with Crippen LogP contribution in [0.1, 0.15) is 25.7 Å². The molecule has 3 rings (SSSR count). The Kier molecular flexibility index (Phi) is 2.04. The molecule has 2 aliphatic carbocycles. The summed E-state index contributed by atoms with van der Waals surface area (Å²) in [5.74, 6) is -0.234. The third-order valence-electron chi connectivity index (χ3n) is 4.26. The van der Waals surface area contributed by atoms with E-state index in [2.05, 4.69) is 0 Å². The minimum absolute atomic E-state index is 0.0799. The fourth-order valence-electron chi connectivity index (χ4n) is 3.77. The van der Waals surface area contributed by atoms with Crippen LogP contribution in [0.4, 0.5) is 0 Å². The zero-order valence-electron chi connectivity index (χ0n) is 8.65. The van der Waals surface area contributed by atoms with E-state index in [0.717, 1.165) is 19.3 Å². The molecular formula is C11H16O4. The molecule has 0 amide bonds. The highest BCUT2D eigenvalue weighted by Gasteiger charge is 2.62. The Morgan fingerprint density at radius 1 is 1.33 bits per heavy atom. The third kappa shape index (κ3) is 1.24. The highest BCUT2D eigenvalue weighted by Crippen LogP contribution is 2.59. The molecule has 1 aliphatic heterocycles. The average Bonchev–Trinajstić information content (AvgIpc) is 2.87. The van der Waals surface area contributed by atoms with Gasteiger partial charge in [0.25, 0.3) is 0 Å². The number of aliphatic carboxylic acids is 1. The number of carboxylic acid groups (broad SMARTS) is 1. The molecule has 2 bridgehead atoms. The Labute approximate surface area is 88.6 Å². The van der Waals surface area contributed by atoms with Crippen molar-refractivity contribution < 1.29 is 19.4 Å². The number of hydrogen-bond acceptors (Lipinski definition) is 3. The second-order valence-corrected chi connectivity index (χ2v) is 4.89. The van der Waals surface area contributed by atoms with Gasteiger partial charge in [0.05, 0.1) is 19.6 Å². The van der Waals surface area contributed by atoms with E-state index in [0.29, 0.717) is 25.0 Å². The van der Waals surface area contributed by atoms with Gasteiger partial charge in [-0.1, -0.05) is 0 Å². The van der Waals surface area contributed by atoms with Crippen LogP contribution in [0, 0.1) is 17.8 Å². The fraction of sp³-hybridized carbons (Fsp3) is 0.909. The molecule has 0 radical (unpaired) electrons. The van der Waals surface area contributed by atoms with Crippen molar-refractivity contribution >= 4 is 5.97 Å². The standard InChI is InChI=1S/C11H16O4/c12-10(13)6-9-7-1-2-8(5-7)11(9)14-3-4-15-11/h7-9H,1-6H2,(H,12,13)/t7-,8+,9+/m0/s1. The largest absolute Gasteiger partial charge is 0.481 e. The van der Waals surface area contributed by atoms with E-state index in [1.54, 1.807) is 0 Å². The van der Waals surface area contributed by atoms with E-state index in [4.69, 9.17) is 14.6 Å². The molecule has 3 aliphatic rings. The molecule has 3 atom stereocenters. The normalized spacial score (nSPS) is 41.5. The summed E-state index contributed by atoms with van der Waals surface area (Å²) in [4.78, 5) is 10.9. The molecule has 2 saturated carbocycles. The highest BCUT2D eigenvalue weighted by molar-refractivity contribution is 5.67. The molecule has 0 aromatic heterocycles. The van der Waals surface area contributed by atoms with Crippen LogP contribution < -0.4 is 0 Å². The Balaban J connectivity index is 1.87. The number of ether oxygens (including phenoxy) is 2. The van der Waals surface area contributed by atoms with E-state index >= 15 is 0 Å². The third-order valence-corrected chi connectivity index (χ3v) is 4.26. The first-order valence-electron chi connectivity index (χ1n) is 5.72. The first-order chi connectivity index (χ1) is 7.22. The summed E-state index contributed by atoms with van der Waals surface area (Å²) in [6, 6.07) is 0. The SMILES string of the molecule is O=C(O)C[C@@H]1[C@H]2CC[C@H](C2)C12OCCO2. The van der Waals surface area contributed by atoms with Gasteiger partial charge in [-0.3, -0.25) is 4.79 Å². The Morgan fingerprint density at radius 3 is 2.73 bits per heavy atom. The Hall–Kier alpha value is -0.610. The van der Waals surface area contributed by atoms with E-state index in [1.165, 1.54) is 0 Å². The van der Waals surface area contributed by atoms with Crippen molar-refractivity contribution in [3.8, 4) is 0 Å². The average molecular weight is 212 g/mol. The molecule has 1 spiro atoms. The van der Waals surface area contributed by atoms with Gasteiger partial charge in [0.2, 0.25) is 0 Å². The smallest absolute Gasteiger partial charge is 0.303 e. The number of fused-ring (bicyclic) bond motifs is 3. The lowest BCUT2D eigenvalue weighted by molar-refractivity contribution is -0.225. The zero-order chi connectivity index (χ0) is 10.5. The number of carboxylic acids is 1. The lowest BCUT2D eigenvalue weighted by Crippen LogP contribution is -2.45. The van der Waals surface area contributed by atoms with E-state index < -0.39 is 11.8 Å². The van der Waals surface area contributed by atoms with Crippen LogP contribution >= 0.6 is 0 Å². The molecule has 15 heavy (non-hydrogen) atoms. The first-order valence-corrected chi connectivity index (χ1v) is 5.72. The molecule has 84 valence electrons. The molecule has 3 fully saturated rings. The summed E-state index contributed by atoms with van der Waals surface area (Å²) in [6.07, 6.45) is 3.58. The van der Waals surface area contributed by atoms with Gasteiger partial charge in [-0.05, 0) is 25.2 Å². The molecule has 0 unspecified atom stereocenters. The summed E-state index contributed by atoms with van der Waals surface area (Å²) in [5.41, 5.74) is 0. The predicted octanol–water partition coefficient (Wildman–Crippen LogP) is 1.25. The summed E-state index contributed by atoms with van der Waals surface area (Å²) >= 11 is 0. The van der Waals surface area contributed by atoms with Crippen LogP contribution in [0.15, 0.2) is 0 Å². The van der Waals surface area contributed by atoms with Crippen molar-refractivity contribution in [2.75, 3.05) is 13.2 Å². The van der Waals surface area contributed by atoms with Crippen molar-refractivity contribution in [1.82, 2.24) is 0 Å². The monoisotopic (exact) mass is 212 g/mol. The van der Waals surface area contributed by atoms with Crippen LogP contribution in [0.25, 0.3) is 0 Å².